The summed E-state index contributed by atoms with van der Waals surface area (Å²) in [6.07, 6.45) is 1.75. The second kappa shape index (κ2) is 8.85. The van der Waals surface area contributed by atoms with Crippen molar-refractivity contribution in [2.75, 3.05) is 36.4 Å². The van der Waals surface area contributed by atoms with Gasteiger partial charge in [-0.2, -0.15) is 0 Å². The summed E-state index contributed by atoms with van der Waals surface area (Å²) in [5.74, 6) is 2.04. The quantitative estimate of drug-likeness (QED) is 0.652. The third-order valence-electron chi connectivity index (χ3n) is 4.87. The molecule has 1 aromatic carbocycles. The van der Waals surface area contributed by atoms with Gasteiger partial charge in [-0.05, 0) is 55.0 Å². The summed E-state index contributed by atoms with van der Waals surface area (Å²) in [5, 5.41) is 12.6. The molecule has 1 N–H and O–H groups in total. The molecule has 154 valence electrons. The number of benzene rings is 1. The Bertz CT molecular complexity index is 1050. The van der Waals surface area contributed by atoms with Crippen LogP contribution in [-0.4, -0.2) is 52.2 Å². The van der Waals surface area contributed by atoms with Crippen LogP contribution in [0.5, 0.6) is 0 Å². The molecule has 1 saturated heterocycles. The minimum atomic E-state index is -0.0902. The topological polar surface area (TPSA) is 74.2 Å². The Kier molecular flexibility index (Phi) is 6.01. The molecule has 1 fully saturated rings. The fourth-order valence-electron chi connectivity index (χ4n) is 3.27. The number of piperazine rings is 1. The van der Waals surface area contributed by atoms with Crippen LogP contribution < -0.4 is 10.2 Å². The smallest absolute Gasteiger partial charge is 0.255 e. The van der Waals surface area contributed by atoms with Gasteiger partial charge in [0.2, 0.25) is 0 Å². The summed E-state index contributed by atoms with van der Waals surface area (Å²) in [6.45, 7) is 4.49. The first-order valence-electron chi connectivity index (χ1n) is 9.52. The summed E-state index contributed by atoms with van der Waals surface area (Å²) in [7, 11) is 0. The lowest BCUT2D eigenvalue weighted by molar-refractivity contribution is 0.0746. The van der Waals surface area contributed by atoms with Crippen LogP contribution in [0.2, 0.25) is 10.0 Å². The van der Waals surface area contributed by atoms with Gasteiger partial charge >= 0.3 is 0 Å². The lowest BCUT2D eigenvalue weighted by atomic mass is 10.2. The number of nitrogens with zero attached hydrogens (tertiary/aromatic N) is 5. The molecule has 0 radical (unpaired) electrons. The van der Waals surface area contributed by atoms with Crippen LogP contribution in [0.3, 0.4) is 0 Å². The molecule has 0 aliphatic carbocycles. The maximum Gasteiger partial charge on any atom is 0.255 e. The number of nitrogens with one attached hydrogen (secondary N) is 1. The summed E-state index contributed by atoms with van der Waals surface area (Å²) in [6, 6.07) is 12.6. The van der Waals surface area contributed by atoms with Crippen molar-refractivity contribution in [1.29, 1.82) is 0 Å². The molecule has 9 heteroatoms. The Balaban J connectivity index is 1.36. The van der Waals surface area contributed by atoms with Gasteiger partial charge in [0, 0.05) is 37.4 Å². The van der Waals surface area contributed by atoms with Gasteiger partial charge in [-0.1, -0.05) is 23.2 Å². The number of halogens is 2. The monoisotopic (exact) mass is 442 g/mol. The maximum absolute atomic E-state index is 12.8. The first-order chi connectivity index (χ1) is 14.5. The van der Waals surface area contributed by atoms with Crippen LogP contribution in [-0.2, 0) is 0 Å². The highest BCUT2D eigenvalue weighted by Gasteiger charge is 2.24. The number of aryl methyl sites for hydroxylation is 1. The highest BCUT2D eigenvalue weighted by Crippen LogP contribution is 2.23. The van der Waals surface area contributed by atoms with Crippen LogP contribution in [0, 0.1) is 6.92 Å². The van der Waals surface area contributed by atoms with Crippen LogP contribution in [0.1, 0.15) is 15.9 Å². The number of aromatic nitrogens is 3. The zero-order valence-corrected chi connectivity index (χ0v) is 17.9. The minimum Gasteiger partial charge on any atom is -0.352 e. The fourth-order valence-corrected chi connectivity index (χ4v) is 3.76. The number of hydrogen-bond acceptors (Lipinski definition) is 6. The number of amides is 1. The molecule has 1 amide bonds. The third kappa shape index (κ3) is 4.63. The molecule has 0 spiro atoms. The predicted molar refractivity (Wildman–Crippen MR) is 119 cm³/mol. The number of pyridine rings is 1. The second-order valence-corrected chi connectivity index (χ2v) is 7.87. The van der Waals surface area contributed by atoms with Crippen LogP contribution in [0.25, 0.3) is 0 Å². The first-order valence-corrected chi connectivity index (χ1v) is 10.3. The van der Waals surface area contributed by atoms with Crippen molar-refractivity contribution in [2.24, 2.45) is 0 Å². The Morgan fingerprint density at radius 1 is 0.967 bits per heavy atom. The maximum atomic E-state index is 12.8. The highest BCUT2D eigenvalue weighted by molar-refractivity contribution is 6.36. The zero-order chi connectivity index (χ0) is 21.1. The van der Waals surface area contributed by atoms with Crippen molar-refractivity contribution in [2.45, 2.75) is 6.92 Å². The van der Waals surface area contributed by atoms with Crippen LogP contribution >= 0.6 is 23.2 Å². The zero-order valence-electron chi connectivity index (χ0n) is 16.3. The lowest BCUT2D eigenvalue weighted by Gasteiger charge is -2.35. The van der Waals surface area contributed by atoms with E-state index in [1.54, 1.807) is 29.3 Å². The highest BCUT2D eigenvalue weighted by atomic mass is 35.5. The molecule has 0 saturated carbocycles. The molecular formula is C21H20Cl2N6O. The van der Waals surface area contributed by atoms with Gasteiger partial charge in [-0.25, -0.2) is 4.98 Å². The molecule has 2 aromatic heterocycles. The SMILES string of the molecule is Cc1ccnc(Nc2ccc(N3CCN(C(=O)c4ccc(Cl)cc4Cl)CC3)nn2)c1. The largest absolute Gasteiger partial charge is 0.352 e. The summed E-state index contributed by atoms with van der Waals surface area (Å²) < 4.78 is 0. The van der Waals surface area contributed by atoms with Crippen LogP contribution in [0.15, 0.2) is 48.7 Å². The van der Waals surface area contributed by atoms with Gasteiger partial charge in [0.1, 0.15) is 5.82 Å². The number of rotatable bonds is 4. The van der Waals surface area contributed by atoms with Crippen LogP contribution in [0.4, 0.5) is 17.5 Å². The Labute approximate surface area is 184 Å². The number of hydrogen-bond donors (Lipinski definition) is 1. The lowest BCUT2D eigenvalue weighted by Crippen LogP contribution is -2.49. The molecule has 0 atom stereocenters. The molecular weight excluding hydrogens is 423 g/mol. The standard InChI is InChI=1S/C21H20Cl2N6O/c1-14-6-7-24-19(12-14)25-18-4-5-20(27-26-18)28-8-10-29(11-9-28)21(30)16-3-2-15(22)13-17(16)23/h2-7,12-13H,8-11H2,1H3,(H,24,25,26). The van der Waals surface area contributed by atoms with E-state index in [0.29, 0.717) is 47.6 Å². The third-order valence-corrected chi connectivity index (χ3v) is 5.42. The second-order valence-electron chi connectivity index (χ2n) is 7.02. The Hall–Kier alpha value is -2.90. The molecule has 0 unspecified atom stereocenters. The molecule has 4 rings (SSSR count). The summed E-state index contributed by atoms with van der Waals surface area (Å²) in [4.78, 5) is 20.9. The van der Waals surface area contributed by atoms with E-state index in [-0.39, 0.29) is 5.91 Å². The van der Waals surface area contributed by atoms with E-state index < -0.39 is 0 Å². The number of anilines is 3. The van der Waals surface area contributed by atoms with Gasteiger partial charge in [-0.3, -0.25) is 4.79 Å². The van der Waals surface area contributed by atoms with Crippen molar-refractivity contribution >= 4 is 46.6 Å². The minimum absolute atomic E-state index is 0.0902. The summed E-state index contributed by atoms with van der Waals surface area (Å²) >= 11 is 12.1. The normalized spacial score (nSPS) is 14.0. The fraction of sp³-hybridized carbons (Fsp3) is 0.238. The van der Waals surface area contributed by atoms with Crippen molar-refractivity contribution in [3.05, 3.63) is 69.8 Å². The van der Waals surface area contributed by atoms with Gasteiger partial charge in [0.15, 0.2) is 11.6 Å². The molecule has 0 bridgehead atoms. The van der Waals surface area contributed by atoms with E-state index in [4.69, 9.17) is 23.2 Å². The van der Waals surface area contributed by atoms with Gasteiger partial charge in [0.05, 0.1) is 10.6 Å². The average molecular weight is 443 g/mol. The molecule has 3 aromatic rings. The summed E-state index contributed by atoms with van der Waals surface area (Å²) in [5.41, 5.74) is 1.58. The van der Waals surface area contributed by atoms with E-state index in [9.17, 15) is 4.79 Å². The van der Waals surface area contributed by atoms with Crippen molar-refractivity contribution < 1.29 is 4.79 Å². The van der Waals surface area contributed by atoms with E-state index in [0.717, 1.165) is 17.2 Å². The number of carbonyl (C=O) groups excluding carboxylic acids is 1. The average Bonchev–Trinajstić information content (AvgIpc) is 2.74. The first kappa shape index (κ1) is 20.4. The van der Waals surface area contributed by atoms with E-state index in [2.05, 4.69) is 25.4 Å². The molecule has 7 nitrogen and oxygen atoms in total. The molecule has 30 heavy (non-hydrogen) atoms. The molecule has 3 heterocycles. The Morgan fingerprint density at radius 2 is 1.77 bits per heavy atom. The van der Waals surface area contributed by atoms with Crippen molar-refractivity contribution in [3.8, 4) is 0 Å². The van der Waals surface area contributed by atoms with E-state index in [1.807, 2.05) is 31.2 Å². The Morgan fingerprint density at radius 3 is 2.43 bits per heavy atom. The van der Waals surface area contributed by atoms with Crippen molar-refractivity contribution in [1.82, 2.24) is 20.1 Å². The van der Waals surface area contributed by atoms with Gasteiger partial charge in [0.25, 0.3) is 5.91 Å². The molecule has 1 aliphatic heterocycles. The van der Waals surface area contributed by atoms with Gasteiger partial charge in [-0.15, -0.1) is 10.2 Å². The van der Waals surface area contributed by atoms with E-state index >= 15 is 0 Å². The number of carbonyl (C=O) groups is 1. The van der Waals surface area contributed by atoms with Gasteiger partial charge < -0.3 is 15.1 Å². The predicted octanol–water partition coefficient (Wildman–Crippen LogP) is 4.19. The molecule has 1 aliphatic rings. The van der Waals surface area contributed by atoms with E-state index in [1.165, 1.54) is 0 Å². The van der Waals surface area contributed by atoms with Crippen molar-refractivity contribution in [3.63, 3.8) is 0 Å².